The highest BCUT2D eigenvalue weighted by Gasteiger charge is 2.31. The fourth-order valence-corrected chi connectivity index (χ4v) is 3.52. The maximum absolute atomic E-state index is 12.7. The number of likely N-dealkylation sites (tertiary alicyclic amines) is 1. The molecule has 2 amide bonds. The van der Waals surface area contributed by atoms with Crippen LogP contribution >= 0.6 is 0 Å². The van der Waals surface area contributed by atoms with Crippen LogP contribution in [0.3, 0.4) is 0 Å². The predicted molar refractivity (Wildman–Crippen MR) is 111 cm³/mol. The number of anilines is 2. The average molecular weight is 373 g/mol. The van der Waals surface area contributed by atoms with E-state index >= 15 is 0 Å². The second-order valence-corrected chi connectivity index (χ2v) is 7.51. The van der Waals surface area contributed by atoms with Crippen LogP contribution in [0.4, 0.5) is 11.4 Å². The fourth-order valence-electron chi connectivity index (χ4n) is 3.52. The number of nitrogens with zero attached hydrogens (tertiary/aromatic N) is 1. The molecule has 0 bridgehead atoms. The summed E-state index contributed by atoms with van der Waals surface area (Å²) in [4.78, 5) is 25.9. The van der Waals surface area contributed by atoms with Gasteiger partial charge in [-0.1, -0.05) is 13.0 Å². The smallest absolute Gasteiger partial charge is 0.227 e. The molecule has 1 aliphatic heterocycles. The summed E-state index contributed by atoms with van der Waals surface area (Å²) >= 11 is 0. The summed E-state index contributed by atoms with van der Waals surface area (Å²) in [7, 11) is 1.90. The number of benzene rings is 1. The third-order valence-corrected chi connectivity index (χ3v) is 5.31. The molecule has 1 aromatic rings. The maximum atomic E-state index is 12.7. The Morgan fingerprint density at radius 3 is 2.59 bits per heavy atom. The van der Waals surface area contributed by atoms with Gasteiger partial charge in [-0.25, -0.2) is 0 Å². The van der Waals surface area contributed by atoms with Gasteiger partial charge in [0, 0.05) is 29.9 Å². The highest BCUT2D eigenvalue weighted by Crippen LogP contribution is 2.27. The van der Waals surface area contributed by atoms with Crippen LogP contribution in [0.5, 0.6) is 0 Å². The Bertz CT molecular complexity index is 677. The largest absolute Gasteiger partial charge is 0.394 e. The summed E-state index contributed by atoms with van der Waals surface area (Å²) in [6.07, 6.45) is 7.29. The zero-order valence-corrected chi connectivity index (χ0v) is 16.8. The first kappa shape index (κ1) is 21.0. The second kappa shape index (κ2) is 9.55. The van der Waals surface area contributed by atoms with Crippen molar-refractivity contribution < 1.29 is 9.59 Å². The Hall–Kier alpha value is -2.34. The number of hydrogen-bond donors (Lipinski definition) is 3. The molecule has 0 atom stereocenters. The maximum Gasteiger partial charge on any atom is 0.227 e. The minimum absolute atomic E-state index is 0.0126. The zero-order chi connectivity index (χ0) is 19.9. The van der Waals surface area contributed by atoms with E-state index in [1.807, 2.05) is 38.4 Å². The highest BCUT2D eigenvalue weighted by atomic mass is 16.2. The molecule has 6 heteroatoms. The van der Waals surface area contributed by atoms with E-state index < -0.39 is 0 Å². The quantitative estimate of drug-likeness (QED) is 0.614. The van der Waals surface area contributed by atoms with Crippen molar-refractivity contribution in [3.05, 3.63) is 36.0 Å². The lowest BCUT2D eigenvalue weighted by Crippen LogP contribution is -2.48. The van der Waals surface area contributed by atoms with E-state index in [9.17, 15) is 9.59 Å². The molecule has 0 unspecified atom stereocenters. The third-order valence-electron chi connectivity index (χ3n) is 5.31. The second-order valence-electron chi connectivity index (χ2n) is 7.51. The van der Waals surface area contributed by atoms with Gasteiger partial charge in [0.25, 0.3) is 0 Å². The van der Waals surface area contributed by atoms with Crippen molar-refractivity contribution in [2.24, 2.45) is 5.92 Å². The number of piperidine rings is 1. The first-order valence-electron chi connectivity index (χ1n) is 9.65. The minimum atomic E-state index is -0.0319. The fraction of sp³-hybridized carbons (Fsp3) is 0.524. The SMILES string of the molecule is CCc1ccc(NC(=O)C2CCN(C(C)(C)/C=C\NC)CC2)cc1NC=O. The summed E-state index contributed by atoms with van der Waals surface area (Å²) in [5, 5.41) is 8.76. The number of rotatable bonds is 8. The van der Waals surface area contributed by atoms with Crippen molar-refractivity contribution in [1.29, 1.82) is 0 Å². The molecule has 1 aromatic carbocycles. The topological polar surface area (TPSA) is 73.5 Å². The van der Waals surface area contributed by atoms with E-state index in [1.165, 1.54) is 0 Å². The summed E-state index contributed by atoms with van der Waals surface area (Å²) in [5.74, 6) is 0.0678. The Kier molecular flexibility index (Phi) is 7.42. The van der Waals surface area contributed by atoms with Crippen LogP contribution < -0.4 is 16.0 Å². The number of carbonyl (C=O) groups excluding carboxylic acids is 2. The highest BCUT2D eigenvalue weighted by molar-refractivity contribution is 5.93. The lowest BCUT2D eigenvalue weighted by Gasteiger charge is -2.41. The summed E-state index contributed by atoms with van der Waals surface area (Å²) in [6.45, 7) is 8.21. The van der Waals surface area contributed by atoms with Crippen molar-refractivity contribution in [2.75, 3.05) is 30.8 Å². The van der Waals surface area contributed by atoms with Gasteiger partial charge < -0.3 is 16.0 Å². The van der Waals surface area contributed by atoms with Crippen LogP contribution in [0.15, 0.2) is 30.5 Å². The molecule has 6 nitrogen and oxygen atoms in total. The molecule has 27 heavy (non-hydrogen) atoms. The van der Waals surface area contributed by atoms with Crippen molar-refractivity contribution in [3.63, 3.8) is 0 Å². The van der Waals surface area contributed by atoms with Gasteiger partial charge in [-0.2, -0.15) is 0 Å². The average Bonchev–Trinajstić information content (AvgIpc) is 2.67. The van der Waals surface area contributed by atoms with Gasteiger partial charge in [0.05, 0.1) is 0 Å². The van der Waals surface area contributed by atoms with Gasteiger partial charge in [-0.15, -0.1) is 0 Å². The molecule has 2 rings (SSSR count). The number of nitrogens with one attached hydrogen (secondary N) is 3. The molecular weight excluding hydrogens is 340 g/mol. The first-order chi connectivity index (χ1) is 12.9. The molecular formula is C21H32N4O2. The molecule has 1 aliphatic rings. The van der Waals surface area contributed by atoms with Gasteiger partial charge in [0.15, 0.2) is 0 Å². The van der Waals surface area contributed by atoms with Gasteiger partial charge in [-0.3, -0.25) is 14.5 Å². The molecule has 0 spiro atoms. The summed E-state index contributed by atoms with van der Waals surface area (Å²) in [5.41, 5.74) is 2.49. The minimum Gasteiger partial charge on any atom is -0.394 e. The molecule has 148 valence electrons. The molecule has 3 N–H and O–H groups in total. The summed E-state index contributed by atoms with van der Waals surface area (Å²) in [6, 6.07) is 5.67. The first-order valence-corrected chi connectivity index (χ1v) is 9.65. The molecule has 0 aromatic heterocycles. The van der Waals surface area contributed by atoms with Crippen LogP contribution in [0, 0.1) is 5.92 Å². The van der Waals surface area contributed by atoms with Crippen LogP contribution in [-0.2, 0) is 16.0 Å². The van der Waals surface area contributed by atoms with Gasteiger partial charge in [-0.05, 0) is 76.2 Å². The molecule has 1 saturated heterocycles. The Morgan fingerprint density at radius 1 is 1.30 bits per heavy atom. The lowest BCUT2D eigenvalue weighted by molar-refractivity contribution is -0.121. The Morgan fingerprint density at radius 2 is 2.00 bits per heavy atom. The van der Waals surface area contributed by atoms with Crippen molar-refractivity contribution >= 4 is 23.7 Å². The Labute approximate surface area is 162 Å². The van der Waals surface area contributed by atoms with Gasteiger partial charge in [0.1, 0.15) is 0 Å². The van der Waals surface area contributed by atoms with Crippen LogP contribution in [0.2, 0.25) is 0 Å². The monoisotopic (exact) mass is 372 g/mol. The van der Waals surface area contributed by atoms with E-state index in [1.54, 1.807) is 0 Å². The van der Waals surface area contributed by atoms with E-state index in [0.717, 1.165) is 49.3 Å². The summed E-state index contributed by atoms with van der Waals surface area (Å²) < 4.78 is 0. The molecule has 0 saturated carbocycles. The van der Waals surface area contributed by atoms with E-state index in [2.05, 4.69) is 40.8 Å². The standard InChI is InChI=1S/C21H32N4O2/c1-5-16-6-7-18(14-19(16)23-15-26)24-20(27)17-8-12-25(13-9-17)21(2,3)10-11-22-4/h6-7,10-11,14-15,17,22H,5,8-9,12-13H2,1-4H3,(H,23,26)(H,24,27)/b11-10-. The number of aryl methyl sites for hydroxylation is 1. The van der Waals surface area contributed by atoms with E-state index in [-0.39, 0.29) is 17.4 Å². The predicted octanol–water partition coefficient (Wildman–Crippen LogP) is 2.98. The van der Waals surface area contributed by atoms with Gasteiger partial charge in [0.2, 0.25) is 12.3 Å². The normalized spacial score (nSPS) is 16.3. The number of amides is 2. The van der Waals surface area contributed by atoms with Crippen molar-refractivity contribution in [3.8, 4) is 0 Å². The lowest BCUT2D eigenvalue weighted by atomic mass is 9.91. The Balaban J connectivity index is 1.95. The van der Waals surface area contributed by atoms with Crippen LogP contribution in [-0.4, -0.2) is 42.9 Å². The molecule has 0 aliphatic carbocycles. The van der Waals surface area contributed by atoms with Crippen molar-refractivity contribution in [1.82, 2.24) is 10.2 Å². The number of carbonyl (C=O) groups is 2. The van der Waals surface area contributed by atoms with Gasteiger partial charge >= 0.3 is 0 Å². The molecule has 0 radical (unpaired) electrons. The van der Waals surface area contributed by atoms with Crippen molar-refractivity contribution in [2.45, 2.75) is 45.6 Å². The van der Waals surface area contributed by atoms with Crippen LogP contribution in [0.25, 0.3) is 0 Å². The third kappa shape index (κ3) is 5.57. The van der Waals surface area contributed by atoms with E-state index in [4.69, 9.17) is 0 Å². The van der Waals surface area contributed by atoms with Crippen LogP contribution in [0.1, 0.15) is 39.2 Å². The number of hydrogen-bond acceptors (Lipinski definition) is 4. The molecule has 1 fully saturated rings. The molecule has 1 heterocycles. The van der Waals surface area contributed by atoms with E-state index in [0.29, 0.717) is 6.41 Å². The zero-order valence-electron chi connectivity index (χ0n) is 16.8.